The van der Waals surface area contributed by atoms with Crippen LogP contribution < -0.4 is 17.3 Å². The van der Waals surface area contributed by atoms with E-state index in [1.807, 2.05) is 36.4 Å². The number of amidine groups is 1. The molecular formula is C23H27N9. The molecule has 9 nitrogen and oxygen atoms in total. The van der Waals surface area contributed by atoms with Crippen molar-refractivity contribution in [2.75, 3.05) is 12.8 Å². The number of hydrogen-bond acceptors (Lipinski definition) is 7. The molecule has 0 fully saturated rings. The van der Waals surface area contributed by atoms with Crippen molar-refractivity contribution in [3.63, 3.8) is 0 Å². The molecule has 164 valence electrons. The van der Waals surface area contributed by atoms with Crippen LogP contribution in [0.5, 0.6) is 0 Å². The van der Waals surface area contributed by atoms with E-state index in [0.29, 0.717) is 5.84 Å². The van der Waals surface area contributed by atoms with Gasteiger partial charge in [-0.05, 0) is 38.5 Å². The van der Waals surface area contributed by atoms with Gasteiger partial charge >= 0.3 is 0 Å². The second kappa shape index (κ2) is 7.93. The minimum absolute atomic E-state index is 0.237. The first kappa shape index (κ1) is 21.3. The first-order chi connectivity index (χ1) is 15.1. The van der Waals surface area contributed by atoms with Crippen LogP contribution in [0.3, 0.4) is 0 Å². The van der Waals surface area contributed by atoms with Gasteiger partial charge in [0.2, 0.25) is 5.95 Å². The Balaban J connectivity index is 1.95. The fourth-order valence-corrected chi connectivity index (χ4v) is 3.73. The number of aromatic nitrogens is 4. The van der Waals surface area contributed by atoms with Crippen molar-refractivity contribution in [2.24, 2.45) is 16.7 Å². The van der Waals surface area contributed by atoms with Crippen LogP contribution in [0, 0.1) is 0 Å². The summed E-state index contributed by atoms with van der Waals surface area (Å²) in [4.78, 5) is 13.2. The van der Waals surface area contributed by atoms with Gasteiger partial charge in [0.05, 0.1) is 11.0 Å². The van der Waals surface area contributed by atoms with Crippen LogP contribution in [0.4, 0.5) is 5.95 Å². The van der Waals surface area contributed by atoms with Crippen molar-refractivity contribution in [2.45, 2.75) is 26.3 Å². The van der Waals surface area contributed by atoms with E-state index in [9.17, 15) is 0 Å². The van der Waals surface area contributed by atoms with Crippen LogP contribution in [0.1, 0.15) is 26.3 Å². The van der Waals surface area contributed by atoms with Gasteiger partial charge < -0.3 is 16.0 Å². The Hall–Kier alpha value is -3.98. The van der Waals surface area contributed by atoms with Crippen LogP contribution in [0.15, 0.2) is 60.0 Å². The average molecular weight is 430 g/mol. The van der Waals surface area contributed by atoms with E-state index in [0.717, 1.165) is 39.1 Å². The van der Waals surface area contributed by atoms with Gasteiger partial charge in [-0.3, -0.25) is 0 Å². The quantitative estimate of drug-likeness (QED) is 0.196. The molecule has 0 saturated heterocycles. The molecule has 0 spiro atoms. The van der Waals surface area contributed by atoms with Gasteiger partial charge in [-0.2, -0.15) is 0 Å². The summed E-state index contributed by atoms with van der Waals surface area (Å²) in [6.07, 6.45) is 3.42. The summed E-state index contributed by atoms with van der Waals surface area (Å²) in [5, 5.41) is 5.38. The number of rotatable bonds is 4. The molecule has 4 aromatic rings. The van der Waals surface area contributed by atoms with Crippen LogP contribution in [-0.4, -0.2) is 37.5 Å². The summed E-state index contributed by atoms with van der Waals surface area (Å²) in [6.45, 7) is 6.44. The highest BCUT2D eigenvalue weighted by Crippen LogP contribution is 2.34. The molecule has 2 heterocycles. The Morgan fingerprint density at radius 3 is 2.38 bits per heavy atom. The van der Waals surface area contributed by atoms with Crippen molar-refractivity contribution in [3.05, 3.63) is 60.4 Å². The number of nitrogens with zero attached hydrogens (tertiary/aromatic N) is 6. The maximum absolute atomic E-state index is 6.27. The normalized spacial score (nSPS) is 12.3. The maximum atomic E-state index is 6.27. The van der Waals surface area contributed by atoms with E-state index in [1.165, 1.54) is 5.12 Å². The summed E-state index contributed by atoms with van der Waals surface area (Å²) in [7, 11) is 1.63. The average Bonchev–Trinajstić information content (AvgIpc) is 3.13. The lowest BCUT2D eigenvalue weighted by molar-refractivity contribution is 0.371. The number of nitrogen functional groups attached to an aromatic ring is 1. The van der Waals surface area contributed by atoms with E-state index in [1.54, 1.807) is 19.4 Å². The highest BCUT2D eigenvalue weighted by molar-refractivity contribution is 6.03. The Morgan fingerprint density at radius 2 is 1.72 bits per heavy atom. The zero-order chi connectivity index (χ0) is 23.0. The van der Waals surface area contributed by atoms with Crippen LogP contribution in [0.2, 0.25) is 0 Å². The van der Waals surface area contributed by atoms with Crippen molar-refractivity contribution < 1.29 is 0 Å². The van der Waals surface area contributed by atoms with E-state index >= 15 is 0 Å². The minimum Gasteiger partial charge on any atom is -0.382 e. The number of anilines is 1. The van der Waals surface area contributed by atoms with E-state index in [2.05, 4.69) is 46.5 Å². The third-order valence-corrected chi connectivity index (χ3v) is 5.04. The van der Waals surface area contributed by atoms with E-state index < -0.39 is 0 Å². The van der Waals surface area contributed by atoms with Gasteiger partial charge in [0, 0.05) is 41.7 Å². The molecule has 0 aliphatic heterocycles. The van der Waals surface area contributed by atoms with E-state index in [4.69, 9.17) is 22.3 Å². The van der Waals surface area contributed by atoms with Crippen LogP contribution in [0.25, 0.3) is 33.5 Å². The first-order valence-electron chi connectivity index (χ1n) is 10.2. The number of nitrogens with two attached hydrogens (primary N) is 3. The summed E-state index contributed by atoms with van der Waals surface area (Å²) in [5.41, 5.74) is 17.0. The van der Waals surface area contributed by atoms with Gasteiger partial charge in [-0.25, -0.2) is 25.9 Å². The van der Waals surface area contributed by atoms with Gasteiger partial charge in [0.15, 0.2) is 5.84 Å². The van der Waals surface area contributed by atoms with Gasteiger partial charge in [0.1, 0.15) is 5.82 Å². The summed E-state index contributed by atoms with van der Waals surface area (Å²) in [5.74, 6) is 7.05. The Kier molecular flexibility index (Phi) is 5.27. The number of hydrazone groups is 1. The molecule has 32 heavy (non-hydrogen) atoms. The summed E-state index contributed by atoms with van der Waals surface area (Å²) >= 11 is 0. The van der Waals surface area contributed by atoms with Gasteiger partial charge in [0.25, 0.3) is 0 Å². The van der Waals surface area contributed by atoms with Crippen LogP contribution >= 0.6 is 0 Å². The Bertz CT molecular complexity index is 1300. The maximum Gasteiger partial charge on any atom is 0.219 e. The van der Waals surface area contributed by atoms with Crippen LogP contribution in [-0.2, 0) is 5.54 Å². The molecular weight excluding hydrogens is 402 g/mol. The number of imidazole rings is 1. The molecule has 0 atom stereocenters. The third-order valence-electron chi connectivity index (χ3n) is 5.04. The second-order valence-electron chi connectivity index (χ2n) is 8.58. The number of fused-ring (bicyclic) bond motifs is 1. The fraction of sp³-hybridized carbons (Fsp3) is 0.217. The van der Waals surface area contributed by atoms with E-state index in [-0.39, 0.29) is 11.5 Å². The highest BCUT2D eigenvalue weighted by atomic mass is 15.6. The molecule has 0 radical (unpaired) electrons. The molecule has 0 aliphatic carbocycles. The molecule has 2 aromatic heterocycles. The Labute approximate surface area is 186 Å². The lowest BCUT2D eigenvalue weighted by Gasteiger charge is -2.25. The molecule has 6 N–H and O–H groups in total. The number of benzene rings is 2. The SMILES string of the molecule is CN(N)/N=C(\N)c1ccccc1-c1nc2cc(-c3cnc(N)nc3)ccc2n1C(C)(C)C. The molecule has 0 aliphatic rings. The molecule has 0 amide bonds. The molecule has 0 saturated carbocycles. The molecule has 2 aromatic carbocycles. The van der Waals surface area contributed by atoms with Crippen molar-refractivity contribution in [1.82, 2.24) is 24.6 Å². The predicted octanol–water partition coefficient (Wildman–Crippen LogP) is 2.92. The number of hydrazine groups is 1. The molecule has 9 heteroatoms. The fourth-order valence-electron chi connectivity index (χ4n) is 3.73. The van der Waals surface area contributed by atoms with Crippen molar-refractivity contribution >= 4 is 22.8 Å². The number of hydrogen-bond donors (Lipinski definition) is 3. The lowest BCUT2D eigenvalue weighted by atomic mass is 10.0. The molecule has 0 unspecified atom stereocenters. The standard InChI is InChI=1S/C23H27N9/c1-23(2,3)32-19-10-9-14(15-12-27-22(25)28-13-15)11-18(19)29-21(32)17-8-6-5-7-16(17)20(24)30-31(4)26/h5-13H,26H2,1-4H3,(H2,24,30)(H2,25,27,28). The summed E-state index contributed by atoms with van der Waals surface area (Å²) < 4.78 is 2.21. The molecule has 0 bridgehead atoms. The topological polar surface area (TPSA) is 137 Å². The van der Waals surface area contributed by atoms with Crippen molar-refractivity contribution in [3.8, 4) is 22.5 Å². The predicted molar refractivity (Wildman–Crippen MR) is 128 cm³/mol. The largest absolute Gasteiger partial charge is 0.382 e. The van der Waals surface area contributed by atoms with Gasteiger partial charge in [-0.1, -0.05) is 30.3 Å². The smallest absolute Gasteiger partial charge is 0.219 e. The second-order valence-corrected chi connectivity index (χ2v) is 8.58. The first-order valence-corrected chi connectivity index (χ1v) is 10.2. The zero-order valence-electron chi connectivity index (χ0n) is 18.6. The summed E-state index contributed by atoms with van der Waals surface area (Å²) in [6, 6.07) is 13.9. The highest BCUT2D eigenvalue weighted by Gasteiger charge is 2.24. The molecule has 4 rings (SSSR count). The monoisotopic (exact) mass is 429 g/mol. The minimum atomic E-state index is -0.237. The third kappa shape index (κ3) is 3.97. The Morgan fingerprint density at radius 1 is 1.03 bits per heavy atom. The zero-order valence-corrected chi connectivity index (χ0v) is 18.6. The lowest BCUT2D eigenvalue weighted by Crippen LogP contribution is -2.27. The van der Waals surface area contributed by atoms with Gasteiger partial charge in [-0.15, -0.1) is 5.10 Å². The van der Waals surface area contributed by atoms with Crippen molar-refractivity contribution in [1.29, 1.82) is 0 Å².